The Kier molecular flexibility index (Phi) is 5.10. The van der Waals surface area contributed by atoms with Crippen molar-refractivity contribution in [2.75, 3.05) is 23.0 Å². The molecule has 6 nitrogen and oxygen atoms in total. The molecule has 2 unspecified atom stereocenters. The molecule has 1 aliphatic heterocycles. The largest absolute Gasteiger partial charge is 0.367 e. The quantitative estimate of drug-likeness (QED) is 0.855. The summed E-state index contributed by atoms with van der Waals surface area (Å²) in [5, 5.41) is 3.05. The number of sulfone groups is 1. The molecule has 2 atom stereocenters. The van der Waals surface area contributed by atoms with Crippen LogP contribution in [0.2, 0.25) is 0 Å². The first-order valence-electron chi connectivity index (χ1n) is 9.73. The number of hydrogen-bond acceptors (Lipinski definition) is 5. The molecule has 28 heavy (non-hydrogen) atoms. The Morgan fingerprint density at radius 2 is 2.00 bits per heavy atom. The molecule has 1 aromatic carbocycles. The lowest BCUT2D eigenvalue weighted by atomic mass is 9.95. The monoisotopic (exact) mass is 399 g/mol. The molecule has 2 aromatic rings. The second kappa shape index (κ2) is 7.54. The van der Waals surface area contributed by atoms with E-state index in [1.165, 1.54) is 11.8 Å². The second-order valence-corrected chi connectivity index (χ2v) is 10.1. The van der Waals surface area contributed by atoms with Crippen molar-refractivity contribution < 1.29 is 13.2 Å². The van der Waals surface area contributed by atoms with Gasteiger partial charge in [0, 0.05) is 30.7 Å². The number of amides is 1. The summed E-state index contributed by atoms with van der Waals surface area (Å²) in [4.78, 5) is 19.1. The first kappa shape index (κ1) is 18.9. The van der Waals surface area contributed by atoms with Crippen LogP contribution in [0.4, 0.5) is 11.5 Å². The van der Waals surface area contributed by atoms with E-state index in [9.17, 15) is 13.2 Å². The molecule has 7 heteroatoms. The molecule has 2 heterocycles. The minimum Gasteiger partial charge on any atom is -0.367 e. The van der Waals surface area contributed by atoms with E-state index in [1.807, 2.05) is 18.2 Å². The molecule has 1 N–H and O–H groups in total. The highest BCUT2D eigenvalue weighted by atomic mass is 32.2. The van der Waals surface area contributed by atoms with Crippen molar-refractivity contribution in [2.24, 2.45) is 0 Å². The number of hydrogen-bond donors (Lipinski definition) is 1. The van der Waals surface area contributed by atoms with Gasteiger partial charge in [-0.15, -0.1) is 0 Å². The number of anilines is 2. The van der Waals surface area contributed by atoms with Crippen LogP contribution in [0.15, 0.2) is 42.6 Å². The van der Waals surface area contributed by atoms with Crippen molar-refractivity contribution in [1.82, 2.24) is 4.98 Å². The van der Waals surface area contributed by atoms with Gasteiger partial charge in [0.05, 0.1) is 10.8 Å². The average Bonchev–Trinajstić information content (AvgIpc) is 3.12. The summed E-state index contributed by atoms with van der Waals surface area (Å²) < 4.78 is 23.7. The molecule has 0 saturated heterocycles. The van der Waals surface area contributed by atoms with Crippen LogP contribution in [0.5, 0.6) is 0 Å². The second-order valence-electron chi connectivity index (χ2n) is 7.73. The highest BCUT2D eigenvalue weighted by molar-refractivity contribution is 7.91. The predicted octanol–water partition coefficient (Wildman–Crippen LogP) is 3.05. The third kappa shape index (κ3) is 3.90. The number of carbonyl (C=O) groups is 1. The smallest absolute Gasteiger partial charge is 0.259 e. The summed E-state index contributed by atoms with van der Waals surface area (Å²) in [7, 11) is -3.01. The molecule has 1 saturated carbocycles. The summed E-state index contributed by atoms with van der Waals surface area (Å²) in [6, 6.07) is 11.7. The van der Waals surface area contributed by atoms with E-state index in [0.29, 0.717) is 24.3 Å². The first-order valence-corrected chi connectivity index (χ1v) is 11.7. The summed E-state index contributed by atoms with van der Waals surface area (Å²) in [6.07, 6.45) is 6.94. The van der Waals surface area contributed by atoms with E-state index in [4.69, 9.17) is 0 Å². The lowest BCUT2D eigenvalue weighted by Crippen LogP contribution is -2.34. The van der Waals surface area contributed by atoms with Gasteiger partial charge in [-0.1, -0.05) is 24.6 Å². The highest BCUT2D eigenvalue weighted by Gasteiger charge is 2.29. The van der Waals surface area contributed by atoms with Gasteiger partial charge in [-0.05, 0) is 49.4 Å². The minimum absolute atomic E-state index is 0.0428. The summed E-state index contributed by atoms with van der Waals surface area (Å²) in [6.45, 7) is 0.688. The fraction of sp³-hybridized carbons (Fsp3) is 0.429. The number of fused-ring (bicyclic) bond motifs is 1. The Morgan fingerprint density at radius 1 is 1.18 bits per heavy atom. The number of para-hydroxylation sites is 1. The van der Waals surface area contributed by atoms with Gasteiger partial charge in [0.25, 0.3) is 5.91 Å². The van der Waals surface area contributed by atoms with Gasteiger partial charge in [-0.25, -0.2) is 13.4 Å². The number of aromatic nitrogens is 1. The van der Waals surface area contributed by atoms with Crippen LogP contribution >= 0.6 is 0 Å². The maximum absolute atomic E-state index is 12.9. The van der Waals surface area contributed by atoms with Crippen molar-refractivity contribution in [3.63, 3.8) is 0 Å². The van der Waals surface area contributed by atoms with E-state index in [1.54, 1.807) is 23.2 Å². The molecule has 0 bridgehead atoms. The molecule has 1 amide bonds. The molecular formula is C21H25N3O3S. The van der Waals surface area contributed by atoms with Gasteiger partial charge < -0.3 is 10.2 Å². The third-order valence-electron chi connectivity index (χ3n) is 5.73. The van der Waals surface area contributed by atoms with Crippen LogP contribution < -0.4 is 10.2 Å². The molecule has 0 radical (unpaired) electrons. The van der Waals surface area contributed by atoms with E-state index < -0.39 is 9.84 Å². The number of pyridine rings is 1. The zero-order valence-corrected chi connectivity index (χ0v) is 16.8. The molecule has 2 aliphatic rings. The maximum Gasteiger partial charge on any atom is 0.259 e. The summed E-state index contributed by atoms with van der Waals surface area (Å²) in [5.74, 6) is 0.635. The Labute approximate surface area is 165 Å². The third-order valence-corrected chi connectivity index (χ3v) is 7.37. The van der Waals surface area contributed by atoms with Gasteiger partial charge in [0.2, 0.25) is 0 Å². The Bertz CT molecular complexity index is 973. The summed E-state index contributed by atoms with van der Waals surface area (Å²) in [5.41, 5.74) is 2.73. The van der Waals surface area contributed by atoms with E-state index in [0.717, 1.165) is 31.4 Å². The number of benzene rings is 1. The number of rotatable bonds is 4. The molecule has 4 rings (SSSR count). The molecule has 1 aliphatic carbocycles. The summed E-state index contributed by atoms with van der Waals surface area (Å²) >= 11 is 0. The fourth-order valence-electron chi connectivity index (χ4n) is 4.18. The van der Waals surface area contributed by atoms with Crippen LogP contribution in [0.25, 0.3) is 0 Å². The van der Waals surface area contributed by atoms with Crippen molar-refractivity contribution in [3.8, 4) is 0 Å². The van der Waals surface area contributed by atoms with Crippen molar-refractivity contribution in [1.29, 1.82) is 0 Å². The van der Waals surface area contributed by atoms with Crippen molar-refractivity contribution in [2.45, 2.75) is 43.4 Å². The molecule has 1 fully saturated rings. The maximum atomic E-state index is 12.9. The molecule has 1 aromatic heterocycles. The van der Waals surface area contributed by atoms with Gasteiger partial charge in [0.1, 0.15) is 15.7 Å². The minimum atomic E-state index is -3.01. The van der Waals surface area contributed by atoms with E-state index in [-0.39, 0.29) is 17.2 Å². The predicted molar refractivity (Wildman–Crippen MR) is 111 cm³/mol. The Morgan fingerprint density at radius 3 is 2.75 bits per heavy atom. The SMILES string of the molecule is CS(=O)(=O)C1CCCC(Nc2ccc(C(=O)N3CCc4ccccc43)cn2)C1. The van der Waals surface area contributed by atoms with Crippen LogP contribution in [-0.4, -0.2) is 43.4 Å². The zero-order valence-electron chi connectivity index (χ0n) is 16.0. The number of carbonyl (C=O) groups excluding carboxylic acids is 1. The van der Waals surface area contributed by atoms with E-state index in [2.05, 4.69) is 16.4 Å². The normalized spacial score (nSPS) is 22.0. The van der Waals surface area contributed by atoms with Crippen LogP contribution in [-0.2, 0) is 16.3 Å². The van der Waals surface area contributed by atoms with Gasteiger partial charge in [-0.3, -0.25) is 4.79 Å². The Balaban J connectivity index is 1.42. The topological polar surface area (TPSA) is 79.4 Å². The lowest BCUT2D eigenvalue weighted by Gasteiger charge is -2.29. The highest BCUT2D eigenvalue weighted by Crippen LogP contribution is 2.29. The van der Waals surface area contributed by atoms with Crippen molar-refractivity contribution in [3.05, 3.63) is 53.7 Å². The molecular weight excluding hydrogens is 374 g/mol. The standard InChI is InChI=1S/C21H25N3O3S/c1-28(26,27)18-7-4-6-17(13-18)23-20-10-9-16(14-22-20)21(25)24-12-11-15-5-2-3-8-19(15)24/h2-3,5,8-10,14,17-18H,4,6-7,11-13H2,1H3,(H,22,23). The van der Waals surface area contributed by atoms with Crippen molar-refractivity contribution >= 4 is 27.2 Å². The number of nitrogens with zero attached hydrogens (tertiary/aromatic N) is 2. The Hall–Kier alpha value is -2.41. The van der Waals surface area contributed by atoms with Gasteiger partial charge in [0.15, 0.2) is 0 Å². The fourth-order valence-corrected chi connectivity index (χ4v) is 5.36. The zero-order chi connectivity index (χ0) is 19.7. The molecule has 148 valence electrons. The lowest BCUT2D eigenvalue weighted by molar-refractivity contribution is 0.0989. The van der Waals surface area contributed by atoms with E-state index >= 15 is 0 Å². The molecule has 0 spiro atoms. The number of nitrogens with one attached hydrogen (secondary N) is 1. The van der Waals surface area contributed by atoms with Gasteiger partial charge >= 0.3 is 0 Å². The van der Waals surface area contributed by atoms with Crippen LogP contribution in [0.1, 0.15) is 41.6 Å². The van der Waals surface area contributed by atoms with Crippen LogP contribution in [0.3, 0.4) is 0 Å². The first-order chi connectivity index (χ1) is 13.4. The van der Waals surface area contributed by atoms with Crippen LogP contribution in [0, 0.1) is 0 Å². The van der Waals surface area contributed by atoms with Gasteiger partial charge in [-0.2, -0.15) is 0 Å². The average molecular weight is 400 g/mol.